The van der Waals surface area contributed by atoms with E-state index >= 15 is 0 Å². The monoisotopic (exact) mass is 352 g/mol. The zero-order valence-corrected chi connectivity index (χ0v) is 13.5. The summed E-state index contributed by atoms with van der Waals surface area (Å²) in [7, 11) is 0. The average molecular weight is 354 g/mol. The molecule has 0 aliphatic carbocycles. The predicted molar refractivity (Wildman–Crippen MR) is 87.4 cm³/mol. The van der Waals surface area contributed by atoms with Crippen molar-refractivity contribution in [1.29, 1.82) is 0 Å². The Labute approximate surface area is 131 Å². The molecule has 2 rings (SSSR count). The van der Waals surface area contributed by atoms with E-state index in [4.69, 9.17) is 17.3 Å². The van der Waals surface area contributed by atoms with Crippen molar-refractivity contribution < 1.29 is 4.79 Å². The van der Waals surface area contributed by atoms with Crippen LogP contribution in [-0.4, -0.2) is 5.91 Å². The minimum absolute atomic E-state index is 0.265. The number of nitrogens with two attached hydrogens (primary N) is 1. The molecule has 0 spiro atoms. The van der Waals surface area contributed by atoms with Crippen LogP contribution in [-0.2, 0) is 0 Å². The molecule has 0 radical (unpaired) electrons. The van der Waals surface area contributed by atoms with Gasteiger partial charge < -0.3 is 11.1 Å². The highest BCUT2D eigenvalue weighted by molar-refractivity contribution is 9.10. The van der Waals surface area contributed by atoms with Gasteiger partial charge in [0, 0.05) is 10.2 Å². The molecule has 0 unspecified atom stereocenters. The summed E-state index contributed by atoms with van der Waals surface area (Å²) in [5.41, 5.74) is 9.49. The van der Waals surface area contributed by atoms with Gasteiger partial charge in [-0.05, 0) is 65.2 Å². The van der Waals surface area contributed by atoms with Crippen LogP contribution in [0.15, 0.2) is 34.8 Å². The predicted octanol–water partition coefficient (Wildman–Crippen LogP) is 4.55. The van der Waals surface area contributed by atoms with Gasteiger partial charge in [0.2, 0.25) is 0 Å². The maximum atomic E-state index is 12.2. The summed E-state index contributed by atoms with van der Waals surface area (Å²) < 4.78 is 0.779. The summed E-state index contributed by atoms with van der Waals surface area (Å²) in [6.07, 6.45) is 0. The molecule has 3 N–H and O–H groups in total. The van der Waals surface area contributed by atoms with Crippen LogP contribution in [0.25, 0.3) is 0 Å². The lowest BCUT2D eigenvalue weighted by atomic mass is 10.1. The standard InChI is InChI=1S/C15H14BrClN2O/c1-8-3-4-10(12(17)5-8)15(20)19-14-7-13(18)9(2)6-11(14)16/h3-7H,18H2,1-2H3,(H,19,20). The lowest BCUT2D eigenvalue weighted by Crippen LogP contribution is -2.13. The first-order valence-electron chi connectivity index (χ1n) is 6.01. The van der Waals surface area contributed by atoms with Crippen molar-refractivity contribution in [1.82, 2.24) is 0 Å². The Kier molecular flexibility index (Phi) is 4.35. The molecule has 0 bridgehead atoms. The molecular formula is C15H14BrClN2O. The third-order valence-electron chi connectivity index (χ3n) is 2.97. The molecule has 2 aromatic carbocycles. The molecule has 104 valence electrons. The fourth-order valence-electron chi connectivity index (χ4n) is 1.78. The number of aryl methyl sites for hydroxylation is 2. The summed E-state index contributed by atoms with van der Waals surface area (Å²) in [6, 6.07) is 8.90. The van der Waals surface area contributed by atoms with Crippen molar-refractivity contribution in [2.45, 2.75) is 13.8 Å². The summed E-state index contributed by atoms with van der Waals surface area (Å²) in [5, 5.41) is 3.23. The molecule has 0 aliphatic heterocycles. The fourth-order valence-corrected chi connectivity index (χ4v) is 2.66. The van der Waals surface area contributed by atoms with Crippen LogP contribution in [0.5, 0.6) is 0 Å². The van der Waals surface area contributed by atoms with Crippen molar-refractivity contribution in [3.63, 3.8) is 0 Å². The number of hydrogen-bond acceptors (Lipinski definition) is 2. The molecule has 0 saturated heterocycles. The van der Waals surface area contributed by atoms with Crippen LogP contribution in [0.1, 0.15) is 21.5 Å². The topological polar surface area (TPSA) is 55.1 Å². The maximum Gasteiger partial charge on any atom is 0.257 e. The minimum Gasteiger partial charge on any atom is -0.398 e. The first-order valence-corrected chi connectivity index (χ1v) is 7.18. The number of benzene rings is 2. The van der Waals surface area contributed by atoms with Gasteiger partial charge in [0.25, 0.3) is 5.91 Å². The molecule has 0 fully saturated rings. The van der Waals surface area contributed by atoms with Crippen LogP contribution in [0, 0.1) is 13.8 Å². The van der Waals surface area contributed by atoms with Gasteiger partial charge >= 0.3 is 0 Å². The third-order valence-corrected chi connectivity index (χ3v) is 3.94. The van der Waals surface area contributed by atoms with Gasteiger partial charge in [-0.1, -0.05) is 17.7 Å². The van der Waals surface area contributed by atoms with E-state index in [1.54, 1.807) is 18.2 Å². The number of carbonyl (C=O) groups is 1. The Morgan fingerprint density at radius 1 is 1.25 bits per heavy atom. The third kappa shape index (κ3) is 3.14. The number of hydrogen-bond donors (Lipinski definition) is 2. The van der Waals surface area contributed by atoms with Crippen LogP contribution in [0.3, 0.4) is 0 Å². The Hall–Kier alpha value is -1.52. The van der Waals surface area contributed by atoms with Crippen LogP contribution in [0.2, 0.25) is 5.02 Å². The normalized spacial score (nSPS) is 10.4. The van der Waals surface area contributed by atoms with E-state index < -0.39 is 0 Å². The number of rotatable bonds is 2. The van der Waals surface area contributed by atoms with E-state index in [1.165, 1.54) is 0 Å². The number of nitrogen functional groups attached to an aromatic ring is 1. The van der Waals surface area contributed by atoms with E-state index in [-0.39, 0.29) is 5.91 Å². The largest absolute Gasteiger partial charge is 0.398 e. The molecule has 1 amide bonds. The molecule has 0 aromatic heterocycles. The second-order valence-electron chi connectivity index (χ2n) is 4.63. The second kappa shape index (κ2) is 5.85. The van der Waals surface area contributed by atoms with Gasteiger partial charge in [-0.25, -0.2) is 0 Å². The first-order chi connectivity index (χ1) is 9.38. The van der Waals surface area contributed by atoms with Crippen molar-refractivity contribution in [2.24, 2.45) is 0 Å². The first kappa shape index (κ1) is 14.9. The number of carbonyl (C=O) groups excluding carboxylic acids is 1. The van der Waals surface area contributed by atoms with Gasteiger partial charge in [0.1, 0.15) is 0 Å². The average Bonchev–Trinajstić information content (AvgIpc) is 2.35. The van der Waals surface area contributed by atoms with Crippen molar-refractivity contribution in [3.8, 4) is 0 Å². The van der Waals surface area contributed by atoms with Crippen molar-refractivity contribution in [2.75, 3.05) is 11.1 Å². The number of amides is 1. The van der Waals surface area contributed by atoms with E-state index in [0.29, 0.717) is 22.0 Å². The van der Waals surface area contributed by atoms with Gasteiger partial charge in [0.05, 0.1) is 16.3 Å². The molecule has 0 heterocycles. The molecule has 5 heteroatoms. The van der Waals surface area contributed by atoms with Crippen molar-refractivity contribution >= 4 is 44.8 Å². The second-order valence-corrected chi connectivity index (χ2v) is 5.89. The number of anilines is 2. The quantitative estimate of drug-likeness (QED) is 0.778. The zero-order chi connectivity index (χ0) is 14.9. The number of halogens is 2. The highest BCUT2D eigenvalue weighted by atomic mass is 79.9. The summed E-state index contributed by atoms with van der Waals surface area (Å²) in [5.74, 6) is -0.265. The van der Waals surface area contributed by atoms with Crippen molar-refractivity contribution in [3.05, 3.63) is 56.5 Å². The van der Waals surface area contributed by atoms with E-state index in [1.807, 2.05) is 26.0 Å². The minimum atomic E-state index is -0.265. The lowest BCUT2D eigenvalue weighted by molar-refractivity contribution is 0.102. The molecule has 2 aromatic rings. The summed E-state index contributed by atoms with van der Waals surface area (Å²) in [4.78, 5) is 12.2. The molecule has 20 heavy (non-hydrogen) atoms. The molecule has 0 saturated carbocycles. The van der Waals surface area contributed by atoms with Crippen LogP contribution < -0.4 is 11.1 Å². The van der Waals surface area contributed by atoms with Gasteiger partial charge in [-0.2, -0.15) is 0 Å². The van der Waals surface area contributed by atoms with Gasteiger partial charge in [-0.3, -0.25) is 4.79 Å². The SMILES string of the molecule is Cc1ccc(C(=O)Nc2cc(N)c(C)cc2Br)c(Cl)c1. The summed E-state index contributed by atoms with van der Waals surface area (Å²) >= 11 is 9.50. The Balaban J connectivity index is 2.30. The van der Waals surface area contributed by atoms with E-state index in [0.717, 1.165) is 15.6 Å². The lowest BCUT2D eigenvalue weighted by Gasteiger charge is -2.11. The Morgan fingerprint density at radius 3 is 2.60 bits per heavy atom. The molecule has 0 atom stereocenters. The van der Waals surface area contributed by atoms with Crippen LogP contribution >= 0.6 is 27.5 Å². The molecule has 3 nitrogen and oxygen atoms in total. The maximum absolute atomic E-state index is 12.2. The van der Waals surface area contributed by atoms with E-state index in [2.05, 4.69) is 21.2 Å². The zero-order valence-electron chi connectivity index (χ0n) is 11.1. The Bertz CT molecular complexity index is 686. The van der Waals surface area contributed by atoms with Gasteiger partial charge in [-0.15, -0.1) is 0 Å². The number of nitrogens with one attached hydrogen (secondary N) is 1. The van der Waals surface area contributed by atoms with E-state index in [9.17, 15) is 4.79 Å². The smallest absolute Gasteiger partial charge is 0.257 e. The van der Waals surface area contributed by atoms with Gasteiger partial charge in [0.15, 0.2) is 0 Å². The summed E-state index contributed by atoms with van der Waals surface area (Å²) in [6.45, 7) is 3.83. The molecular weight excluding hydrogens is 340 g/mol. The highest BCUT2D eigenvalue weighted by Gasteiger charge is 2.13. The fraction of sp³-hybridized carbons (Fsp3) is 0.133. The highest BCUT2D eigenvalue weighted by Crippen LogP contribution is 2.29. The molecule has 0 aliphatic rings. The van der Waals surface area contributed by atoms with Crippen LogP contribution in [0.4, 0.5) is 11.4 Å². The Morgan fingerprint density at radius 2 is 1.95 bits per heavy atom.